The summed E-state index contributed by atoms with van der Waals surface area (Å²) in [6.45, 7) is 0.293. The summed E-state index contributed by atoms with van der Waals surface area (Å²) in [5.41, 5.74) is 5.37. The lowest BCUT2D eigenvalue weighted by Gasteiger charge is -2.01. The molecule has 3 nitrogen and oxygen atoms in total. The Balaban J connectivity index is 3.11. The molecule has 13 heavy (non-hydrogen) atoms. The summed E-state index contributed by atoms with van der Waals surface area (Å²) in [6.07, 6.45) is 2.99. The molecule has 0 aromatic heterocycles. The molecule has 0 bridgehead atoms. The van der Waals surface area contributed by atoms with E-state index in [0.717, 1.165) is 0 Å². The number of halogens is 1. The zero-order valence-electron chi connectivity index (χ0n) is 6.87. The molecule has 1 rings (SSSR count). The highest BCUT2D eigenvalue weighted by Crippen LogP contribution is 2.30. The molecular formula is C9H10FNO2. The molecule has 0 saturated carbocycles. The molecule has 0 unspecified atom stereocenters. The highest BCUT2D eigenvalue weighted by Gasteiger charge is 2.08. The minimum atomic E-state index is -0.843. The lowest BCUT2D eigenvalue weighted by molar-refractivity contribution is 0.378. The highest BCUT2D eigenvalue weighted by molar-refractivity contribution is 5.56. The molecule has 4 heteroatoms. The van der Waals surface area contributed by atoms with Crippen molar-refractivity contribution in [3.8, 4) is 11.5 Å². The molecule has 0 aliphatic rings. The maximum atomic E-state index is 13.1. The van der Waals surface area contributed by atoms with Gasteiger partial charge < -0.3 is 15.9 Å². The predicted octanol–water partition coefficient (Wildman–Crippen LogP) is 1.21. The van der Waals surface area contributed by atoms with Crippen LogP contribution in [0.15, 0.2) is 18.2 Å². The van der Waals surface area contributed by atoms with Gasteiger partial charge in [-0.15, -0.1) is 0 Å². The zero-order valence-corrected chi connectivity index (χ0v) is 6.87. The van der Waals surface area contributed by atoms with Crippen molar-refractivity contribution in [2.24, 2.45) is 5.73 Å². The van der Waals surface area contributed by atoms with Crippen molar-refractivity contribution < 1.29 is 14.6 Å². The number of phenolic OH excluding ortho intramolecular Hbond substituents is 2. The molecule has 0 fully saturated rings. The predicted molar refractivity (Wildman–Crippen MR) is 47.8 cm³/mol. The van der Waals surface area contributed by atoms with Gasteiger partial charge in [0.1, 0.15) is 0 Å². The average Bonchev–Trinajstić information content (AvgIpc) is 2.13. The zero-order chi connectivity index (χ0) is 9.84. The van der Waals surface area contributed by atoms with Crippen LogP contribution in [0.3, 0.4) is 0 Å². The van der Waals surface area contributed by atoms with E-state index in [1.165, 1.54) is 18.2 Å². The third-order valence-electron chi connectivity index (χ3n) is 1.56. The minimum absolute atomic E-state index is 0.195. The van der Waals surface area contributed by atoms with Gasteiger partial charge in [0, 0.05) is 12.1 Å². The number of rotatable bonds is 2. The van der Waals surface area contributed by atoms with Crippen LogP contribution in [-0.2, 0) is 0 Å². The number of benzene rings is 1. The van der Waals surface area contributed by atoms with Crippen LogP contribution in [0.2, 0.25) is 0 Å². The van der Waals surface area contributed by atoms with Crippen LogP contribution >= 0.6 is 0 Å². The van der Waals surface area contributed by atoms with E-state index in [0.29, 0.717) is 6.54 Å². The molecule has 1 aromatic rings. The fourth-order valence-electron chi connectivity index (χ4n) is 0.894. The van der Waals surface area contributed by atoms with Crippen LogP contribution in [0.5, 0.6) is 11.5 Å². The lowest BCUT2D eigenvalue weighted by Crippen LogP contribution is -1.92. The van der Waals surface area contributed by atoms with Gasteiger partial charge in [0.15, 0.2) is 17.3 Å². The van der Waals surface area contributed by atoms with Gasteiger partial charge in [-0.1, -0.05) is 12.2 Å². The molecule has 0 amide bonds. The van der Waals surface area contributed by atoms with E-state index in [4.69, 9.17) is 15.9 Å². The van der Waals surface area contributed by atoms with Crippen LogP contribution in [0.25, 0.3) is 6.08 Å². The van der Waals surface area contributed by atoms with Gasteiger partial charge in [0.25, 0.3) is 0 Å². The minimum Gasteiger partial charge on any atom is -0.504 e. The summed E-state index contributed by atoms with van der Waals surface area (Å²) in [4.78, 5) is 0. The second-order valence-corrected chi connectivity index (χ2v) is 2.47. The average molecular weight is 183 g/mol. The normalized spacial score (nSPS) is 10.9. The second-order valence-electron chi connectivity index (χ2n) is 2.47. The summed E-state index contributed by atoms with van der Waals surface area (Å²) < 4.78 is 13.1. The smallest absolute Gasteiger partial charge is 0.194 e. The van der Waals surface area contributed by atoms with Gasteiger partial charge in [0.2, 0.25) is 0 Å². The molecule has 0 spiro atoms. The second kappa shape index (κ2) is 3.91. The van der Waals surface area contributed by atoms with E-state index in [1.807, 2.05) is 0 Å². The molecule has 0 aliphatic carbocycles. The van der Waals surface area contributed by atoms with Gasteiger partial charge in [-0.05, 0) is 12.1 Å². The molecule has 1 aromatic carbocycles. The SMILES string of the molecule is NC/C=C/c1ccc(O)c(O)c1F. The summed E-state index contributed by atoms with van der Waals surface area (Å²) >= 11 is 0. The third kappa shape index (κ3) is 1.97. The number of phenols is 2. The lowest BCUT2D eigenvalue weighted by atomic mass is 10.1. The first-order valence-corrected chi connectivity index (χ1v) is 3.74. The summed E-state index contributed by atoms with van der Waals surface area (Å²) in [5.74, 6) is -2.05. The molecular weight excluding hydrogens is 173 g/mol. The number of hydrogen-bond acceptors (Lipinski definition) is 3. The van der Waals surface area contributed by atoms with Gasteiger partial charge in [-0.3, -0.25) is 0 Å². The standard InChI is InChI=1S/C9H10FNO2/c10-8-6(2-1-5-11)3-4-7(12)9(8)13/h1-4,12-13H,5,11H2/b2-1+. The van der Waals surface area contributed by atoms with Crippen molar-refractivity contribution in [3.05, 3.63) is 29.6 Å². The van der Waals surface area contributed by atoms with Crippen molar-refractivity contribution in [1.82, 2.24) is 0 Å². The van der Waals surface area contributed by atoms with E-state index in [2.05, 4.69) is 0 Å². The van der Waals surface area contributed by atoms with Crippen LogP contribution in [-0.4, -0.2) is 16.8 Å². The largest absolute Gasteiger partial charge is 0.504 e. The van der Waals surface area contributed by atoms with Crippen molar-refractivity contribution >= 4 is 6.08 Å². The van der Waals surface area contributed by atoms with Crippen molar-refractivity contribution in [3.63, 3.8) is 0 Å². The van der Waals surface area contributed by atoms with Gasteiger partial charge in [-0.2, -0.15) is 0 Å². The first-order chi connectivity index (χ1) is 6.16. The Morgan fingerprint density at radius 3 is 2.69 bits per heavy atom. The monoisotopic (exact) mass is 183 g/mol. The maximum absolute atomic E-state index is 13.1. The summed E-state index contributed by atoms with van der Waals surface area (Å²) in [7, 11) is 0. The van der Waals surface area contributed by atoms with E-state index in [-0.39, 0.29) is 5.56 Å². The van der Waals surface area contributed by atoms with Gasteiger partial charge in [-0.25, -0.2) is 4.39 Å². The van der Waals surface area contributed by atoms with E-state index in [1.54, 1.807) is 6.08 Å². The van der Waals surface area contributed by atoms with E-state index >= 15 is 0 Å². The molecule has 0 aliphatic heterocycles. The van der Waals surface area contributed by atoms with Crippen molar-refractivity contribution in [2.75, 3.05) is 6.54 Å². The first kappa shape index (κ1) is 9.54. The quantitative estimate of drug-likeness (QED) is 0.604. The topological polar surface area (TPSA) is 66.5 Å². The first-order valence-electron chi connectivity index (χ1n) is 3.74. The Labute approximate surface area is 74.9 Å². The Kier molecular flexibility index (Phi) is 2.87. The number of nitrogens with two attached hydrogens (primary N) is 1. The van der Waals surface area contributed by atoms with Gasteiger partial charge >= 0.3 is 0 Å². The number of aromatic hydroxyl groups is 2. The molecule has 70 valence electrons. The van der Waals surface area contributed by atoms with Crippen LogP contribution in [0, 0.1) is 5.82 Å². The maximum Gasteiger partial charge on any atom is 0.194 e. The Bertz CT molecular complexity index is 337. The fraction of sp³-hybridized carbons (Fsp3) is 0.111. The van der Waals surface area contributed by atoms with Crippen LogP contribution in [0.1, 0.15) is 5.56 Å². The molecule has 0 radical (unpaired) electrons. The van der Waals surface area contributed by atoms with E-state index in [9.17, 15) is 4.39 Å². The summed E-state index contributed by atoms with van der Waals surface area (Å²) in [5, 5.41) is 17.9. The molecule has 0 atom stereocenters. The number of hydrogen-bond donors (Lipinski definition) is 3. The van der Waals surface area contributed by atoms with Crippen LogP contribution in [0.4, 0.5) is 4.39 Å². The van der Waals surface area contributed by atoms with Crippen LogP contribution < -0.4 is 5.73 Å². The molecule has 4 N–H and O–H groups in total. The van der Waals surface area contributed by atoms with E-state index < -0.39 is 17.3 Å². The Morgan fingerprint density at radius 1 is 1.38 bits per heavy atom. The third-order valence-corrected chi connectivity index (χ3v) is 1.56. The van der Waals surface area contributed by atoms with Crippen molar-refractivity contribution in [1.29, 1.82) is 0 Å². The summed E-state index contributed by atoms with van der Waals surface area (Å²) in [6, 6.07) is 2.57. The Morgan fingerprint density at radius 2 is 2.08 bits per heavy atom. The highest BCUT2D eigenvalue weighted by atomic mass is 19.1. The molecule has 0 heterocycles. The van der Waals surface area contributed by atoms with Gasteiger partial charge in [0.05, 0.1) is 0 Å². The molecule has 0 saturated heterocycles. The fourth-order valence-corrected chi connectivity index (χ4v) is 0.894. The Hall–Kier alpha value is -1.55. The van der Waals surface area contributed by atoms with Crippen molar-refractivity contribution in [2.45, 2.75) is 0 Å².